The van der Waals surface area contributed by atoms with Crippen molar-refractivity contribution in [1.29, 1.82) is 0 Å². The summed E-state index contributed by atoms with van der Waals surface area (Å²) >= 11 is 11.5. The lowest BCUT2D eigenvalue weighted by molar-refractivity contribution is 0.551. The topological polar surface area (TPSA) is 12.0 Å². The van der Waals surface area contributed by atoms with Crippen molar-refractivity contribution < 1.29 is 0 Å². The molecule has 1 heterocycles. The van der Waals surface area contributed by atoms with Crippen LogP contribution in [0.1, 0.15) is 29.0 Å². The molecule has 2 aromatic rings. The average molecular weight is 359 g/mol. The molecule has 1 unspecified atom stereocenters. The van der Waals surface area contributed by atoms with Crippen LogP contribution in [0, 0.1) is 6.92 Å². The van der Waals surface area contributed by atoms with Gasteiger partial charge in [-0.25, -0.2) is 0 Å². The zero-order valence-electron chi connectivity index (χ0n) is 11.0. The first-order valence-corrected chi connectivity index (χ1v) is 8.38. The Balaban J connectivity index is 2.26. The molecule has 0 amide bonds. The molecule has 0 spiro atoms. The standard InChI is InChI=1S/C15H17BrClNS/c1-3-18-15(8-12-7-11(16)9-19-12)13-5-4-6-14(17)10(13)2/h4-7,9,15,18H,3,8H2,1-2H3. The molecule has 1 nitrogen and oxygen atoms in total. The van der Waals surface area contributed by atoms with Gasteiger partial charge in [0.2, 0.25) is 0 Å². The van der Waals surface area contributed by atoms with E-state index in [1.165, 1.54) is 16.0 Å². The van der Waals surface area contributed by atoms with E-state index in [0.29, 0.717) is 6.04 Å². The van der Waals surface area contributed by atoms with Gasteiger partial charge < -0.3 is 5.32 Å². The molecule has 102 valence electrons. The molecule has 1 aromatic carbocycles. The third kappa shape index (κ3) is 3.82. The summed E-state index contributed by atoms with van der Waals surface area (Å²) in [7, 11) is 0. The van der Waals surface area contributed by atoms with Crippen molar-refractivity contribution in [2.45, 2.75) is 26.3 Å². The minimum atomic E-state index is 0.314. The van der Waals surface area contributed by atoms with E-state index in [1.807, 2.05) is 12.1 Å². The number of benzene rings is 1. The fourth-order valence-corrected chi connectivity index (χ4v) is 3.88. The average Bonchev–Trinajstić information content (AvgIpc) is 2.78. The third-order valence-electron chi connectivity index (χ3n) is 3.16. The quantitative estimate of drug-likeness (QED) is 0.758. The summed E-state index contributed by atoms with van der Waals surface area (Å²) in [4.78, 5) is 1.37. The predicted octanol–water partition coefficient (Wildman–Crippen LogP) is 5.37. The molecule has 0 aliphatic heterocycles. The SMILES string of the molecule is CCNC(Cc1cc(Br)cs1)c1cccc(Cl)c1C. The molecule has 4 heteroatoms. The van der Waals surface area contributed by atoms with E-state index in [1.54, 1.807) is 11.3 Å². The van der Waals surface area contributed by atoms with Crippen LogP contribution in [0.15, 0.2) is 34.1 Å². The fraction of sp³-hybridized carbons (Fsp3) is 0.333. The molecule has 0 radical (unpaired) electrons. The van der Waals surface area contributed by atoms with Crippen molar-refractivity contribution in [2.75, 3.05) is 6.54 Å². The highest BCUT2D eigenvalue weighted by Gasteiger charge is 2.15. The van der Waals surface area contributed by atoms with Crippen LogP contribution >= 0.6 is 38.9 Å². The van der Waals surface area contributed by atoms with Gasteiger partial charge in [-0.1, -0.05) is 30.7 Å². The van der Waals surface area contributed by atoms with Crippen molar-refractivity contribution >= 4 is 38.9 Å². The number of hydrogen-bond donors (Lipinski definition) is 1. The van der Waals surface area contributed by atoms with E-state index in [4.69, 9.17) is 11.6 Å². The smallest absolute Gasteiger partial charge is 0.0438 e. The largest absolute Gasteiger partial charge is 0.310 e. The van der Waals surface area contributed by atoms with Crippen molar-refractivity contribution in [2.24, 2.45) is 0 Å². The lowest BCUT2D eigenvalue weighted by atomic mass is 9.98. The molecule has 1 atom stereocenters. The Kier molecular flexibility index (Phi) is 5.46. The van der Waals surface area contributed by atoms with Gasteiger partial charge in [0.05, 0.1) is 0 Å². The Hall–Kier alpha value is -0.350. The van der Waals surface area contributed by atoms with Crippen LogP contribution < -0.4 is 5.32 Å². The Morgan fingerprint density at radius 2 is 2.21 bits per heavy atom. The summed E-state index contributed by atoms with van der Waals surface area (Å²) in [5, 5.41) is 6.53. The summed E-state index contributed by atoms with van der Waals surface area (Å²) in [5.74, 6) is 0. The van der Waals surface area contributed by atoms with Crippen LogP contribution in [0.5, 0.6) is 0 Å². The van der Waals surface area contributed by atoms with E-state index >= 15 is 0 Å². The third-order valence-corrected chi connectivity index (χ3v) is 5.29. The maximum absolute atomic E-state index is 6.23. The van der Waals surface area contributed by atoms with Gasteiger partial charge in [-0.2, -0.15) is 0 Å². The molecule has 0 aliphatic carbocycles. The Bertz CT molecular complexity index is 553. The van der Waals surface area contributed by atoms with Crippen LogP contribution in [0.4, 0.5) is 0 Å². The van der Waals surface area contributed by atoms with Gasteiger partial charge in [0.15, 0.2) is 0 Å². The van der Waals surface area contributed by atoms with E-state index < -0.39 is 0 Å². The summed E-state index contributed by atoms with van der Waals surface area (Å²) in [5.41, 5.74) is 2.46. The summed E-state index contributed by atoms with van der Waals surface area (Å²) in [6, 6.07) is 8.64. The number of hydrogen-bond acceptors (Lipinski definition) is 2. The highest BCUT2D eigenvalue weighted by atomic mass is 79.9. The van der Waals surface area contributed by atoms with Gasteiger partial charge in [-0.3, -0.25) is 0 Å². The van der Waals surface area contributed by atoms with Gasteiger partial charge in [0.1, 0.15) is 0 Å². The van der Waals surface area contributed by atoms with E-state index in [-0.39, 0.29) is 0 Å². The van der Waals surface area contributed by atoms with Crippen molar-refractivity contribution in [3.8, 4) is 0 Å². The molecule has 0 saturated heterocycles. The second-order valence-electron chi connectivity index (χ2n) is 4.50. The maximum Gasteiger partial charge on any atom is 0.0438 e. The van der Waals surface area contributed by atoms with Crippen LogP contribution in [0.25, 0.3) is 0 Å². The molecule has 0 bridgehead atoms. The minimum absolute atomic E-state index is 0.314. The Morgan fingerprint density at radius 1 is 1.42 bits per heavy atom. The summed E-state index contributed by atoms with van der Waals surface area (Å²) in [6.07, 6.45) is 0.991. The second-order valence-corrected chi connectivity index (χ2v) is 6.82. The highest BCUT2D eigenvalue weighted by molar-refractivity contribution is 9.10. The Labute approximate surface area is 132 Å². The Morgan fingerprint density at radius 3 is 2.84 bits per heavy atom. The van der Waals surface area contributed by atoms with E-state index in [2.05, 4.69) is 52.6 Å². The molecule has 1 N–H and O–H groups in total. The molecule has 19 heavy (non-hydrogen) atoms. The maximum atomic E-state index is 6.23. The highest BCUT2D eigenvalue weighted by Crippen LogP contribution is 2.29. The van der Waals surface area contributed by atoms with Crippen LogP contribution in [-0.4, -0.2) is 6.54 Å². The fourth-order valence-electron chi connectivity index (χ4n) is 2.20. The van der Waals surface area contributed by atoms with Gasteiger partial charge in [0, 0.05) is 32.2 Å². The number of rotatable bonds is 5. The lowest BCUT2D eigenvalue weighted by Crippen LogP contribution is -2.23. The minimum Gasteiger partial charge on any atom is -0.310 e. The zero-order valence-corrected chi connectivity index (χ0v) is 14.2. The molecular formula is C15H17BrClNS. The van der Waals surface area contributed by atoms with Crippen LogP contribution in [0.2, 0.25) is 5.02 Å². The van der Waals surface area contributed by atoms with Gasteiger partial charge in [-0.05, 0) is 52.7 Å². The lowest BCUT2D eigenvalue weighted by Gasteiger charge is -2.20. The molecule has 0 aliphatic rings. The zero-order chi connectivity index (χ0) is 13.8. The van der Waals surface area contributed by atoms with E-state index in [9.17, 15) is 0 Å². The molecule has 0 saturated carbocycles. The number of nitrogens with one attached hydrogen (secondary N) is 1. The molecule has 0 fully saturated rings. The molecule has 2 rings (SSSR count). The first-order chi connectivity index (χ1) is 9.11. The predicted molar refractivity (Wildman–Crippen MR) is 88.3 cm³/mol. The van der Waals surface area contributed by atoms with Crippen molar-refractivity contribution in [3.63, 3.8) is 0 Å². The summed E-state index contributed by atoms with van der Waals surface area (Å²) in [6.45, 7) is 5.17. The first kappa shape index (κ1) is 15.0. The summed E-state index contributed by atoms with van der Waals surface area (Å²) < 4.78 is 1.16. The van der Waals surface area contributed by atoms with Gasteiger partial charge >= 0.3 is 0 Å². The van der Waals surface area contributed by atoms with Crippen molar-refractivity contribution in [3.05, 3.63) is 55.1 Å². The van der Waals surface area contributed by atoms with E-state index in [0.717, 1.165) is 22.5 Å². The monoisotopic (exact) mass is 357 g/mol. The van der Waals surface area contributed by atoms with Gasteiger partial charge in [0.25, 0.3) is 0 Å². The second kappa shape index (κ2) is 6.89. The molecular weight excluding hydrogens is 342 g/mol. The van der Waals surface area contributed by atoms with Gasteiger partial charge in [-0.15, -0.1) is 11.3 Å². The number of likely N-dealkylation sites (N-methyl/N-ethyl adjacent to an activating group) is 1. The normalized spacial score (nSPS) is 12.6. The van der Waals surface area contributed by atoms with Crippen molar-refractivity contribution in [1.82, 2.24) is 5.32 Å². The number of halogens is 2. The van der Waals surface area contributed by atoms with Crippen LogP contribution in [0.3, 0.4) is 0 Å². The van der Waals surface area contributed by atoms with Crippen LogP contribution in [-0.2, 0) is 6.42 Å². The molecule has 1 aromatic heterocycles. The first-order valence-electron chi connectivity index (χ1n) is 6.33. The number of thiophene rings is 1.